The number of halogens is 2. The van der Waals surface area contributed by atoms with Crippen LogP contribution in [0, 0.1) is 5.41 Å². The maximum Gasteiger partial charge on any atom is 0.241 e. The molecule has 1 aliphatic rings. The Hall–Kier alpha value is 0.0500. The summed E-state index contributed by atoms with van der Waals surface area (Å²) in [6.45, 7) is 4.42. The van der Waals surface area contributed by atoms with E-state index in [0.717, 1.165) is 30.4 Å². The molecule has 1 fully saturated rings. The van der Waals surface area contributed by atoms with E-state index in [1.807, 2.05) is 0 Å². The van der Waals surface area contributed by atoms with E-state index in [-0.39, 0.29) is 10.3 Å². The van der Waals surface area contributed by atoms with Gasteiger partial charge in [0.1, 0.15) is 0 Å². The lowest BCUT2D eigenvalue weighted by Gasteiger charge is -2.34. The van der Waals surface area contributed by atoms with Crippen LogP contribution in [0.2, 0.25) is 0 Å². The molecule has 4 nitrogen and oxygen atoms in total. The minimum atomic E-state index is -3.49. The van der Waals surface area contributed by atoms with Crippen molar-refractivity contribution in [3.8, 4) is 0 Å². The summed E-state index contributed by atoms with van der Waals surface area (Å²) in [7, 11) is -3.49. The highest BCUT2D eigenvalue weighted by atomic mass is 79.9. The second-order valence-electron chi connectivity index (χ2n) is 5.49. The average Bonchev–Trinajstić information content (AvgIpc) is 2.37. The molecule has 7 heteroatoms. The summed E-state index contributed by atoms with van der Waals surface area (Å²) in [6.07, 6.45) is 2.12. The van der Waals surface area contributed by atoms with Crippen LogP contribution in [0.5, 0.6) is 0 Å². The van der Waals surface area contributed by atoms with E-state index in [4.69, 9.17) is 0 Å². The van der Waals surface area contributed by atoms with Crippen LogP contribution in [0.15, 0.2) is 32.0 Å². The first-order chi connectivity index (χ1) is 9.32. The van der Waals surface area contributed by atoms with Gasteiger partial charge in [0, 0.05) is 22.0 Å². The lowest BCUT2D eigenvalue weighted by atomic mass is 9.83. The third kappa shape index (κ3) is 4.04. The Bertz CT molecular complexity index is 584. The summed E-state index contributed by atoms with van der Waals surface area (Å²) in [4.78, 5) is 0.271. The zero-order valence-electron chi connectivity index (χ0n) is 11.2. The van der Waals surface area contributed by atoms with Gasteiger partial charge in [0.2, 0.25) is 10.0 Å². The van der Waals surface area contributed by atoms with Crippen LogP contribution in [0.3, 0.4) is 0 Å². The maximum atomic E-state index is 12.4. The number of nitrogens with one attached hydrogen (secondary N) is 2. The predicted molar refractivity (Wildman–Crippen MR) is 87.2 cm³/mol. The largest absolute Gasteiger partial charge is 0.316 e. The van der Waals surface area contributed by atoms with E-state index in [9.17, 15) is 8.42 Å². The van der Waals surface area contributed by atoms with Crippen LogP contribution in [0.1, 0.15) is 19.8 Å². The summed E-state index contributed by atoms with van der Waals surface area (Å²) in [5.74, 6) is 0. The second-order valence-corrected chi connectivity index (χ2v) is 9.00. The van der Waals surface area contributed by atoms with Gasteiger partial charge < -0.3 is 5.32 Å². The van der Waals surface area contributed by atoms with Gasteiger partial charge in [0.25, 0.3) is 0 Å². The van der Waals surface area contributed by atoms with E-state index in [1.54, 1.807) is 18.2 Å². The second kappa shape index (κ2) is 6.44. The van der Waals surface area contributed by atoms with Gasteiger partial charge in [-0.15, -0.1) is 0 Å². The highest BCUT2D eigenvalue weighted by molar-refractivity contribution is 9.11. The zero-order valence-corrected chi connectivity index (χ0v) is 15.2. The first-order valence-corrected chi connectivity index (χ1v) is 9.55. The summed E-state index contributed by atoms with van der Waals surface area (Å²) in [5, 5.41) is 3.32. The SMILES string of the molecule is CC1(CNS(=O)(=O)c2ccc(Br)cc2Br)CCCNC1. The van der Waals surface area contributed by atoms with E-state index in [1.165, 1.54) is 0 Å². The molecule has 0 spiro atoms. The van der Waals surface area contributed by atoms with Crippen molar-refractivity contribution in [3.05, 3.63) is 27.1 Å². The fourth-order valence-corrected chi connectivity index (χ4v) is 5.25. The van der Waals surface area contributed by atoms with Crippen molar-refractivity contribution in [1.29, 1.82) is 0 Å². The van der Waals surface area contributed by atoms with Gasteiger partial charge in [-0.05, 0) is 58.9 Å². The fraction of sp³-hybridized carbons (Fsp3) is 0.538. The van der Waals surface area contributed by atoms with Gasteiger partial charge in [-0.25, -0.2) is 13.1 Å². The molecule has 1 heterocycles. The molecule has 1 unspecified atom stereocenters. The summed E-state index contributed by atoms with van der Waals surface area (Å²) in [6, 6.07) is 5.06. The topological polar surface area (TPSA) is 58.2 Å². The Morgan fingerprint density at radius 3 is 2.75 bits per heavy atom. The van der Waals surface area contributed by atoms with Gasteiger partial charge in [0.15, 0.2) is 0 Å². The Morgan fingerprint density at radius 1 is 1.40 bits per heavy atom. The number of piperidine rings is 1. The minimum Gasteiger partial charge on any atom is -0.316 e. The molecular formula is C13H18Br2N2O2S. The number of benzene rings is 1. The third-order valence-electron chi connectivity index (χ3n) is 3.56. The molecule has 2 N–H and O–H groups in total. The van der Waals surface area contributed by atoms with E-state index >= 15 is 0 Å². The third-order valence-corrected chi connectivity index (χ3v) is 6.43. The van der Waals surface area contributed by atoms with Gasteiger partial charge in [-0.1, -0.05) is 22.9 Å². The average molecular weight is 426 g/mol. The van der Waals surface area contributed by atoms with Crippen molar-refractivity contribution in [2.24, 2.45) is 5.41 Å². The van der Waals surface area contributed by atoms with Crippen molar-refractivity contribution in [3.63, 3.8) is 0 Å². The van der Waals surface area contributed by atoms with Crippen molar-refractivity contribution in [2.75, 3.05) is 19.6 Å². The number of sulfonamides is 1. The first kappa shape index (κ1) is 16.4. The van der Waals surface area contributed by atoms with Gasteiger partial charge in [0.05, 0.1) is 4.90 Å². The van der Waals surface area contributed by atoms with E-state index in [2.05, 4.69) is 48.8 Å². The van der Waals surface area contributed by atoms with Crippen LogP contribution in [-0.4, -0.2) is 28.1 Å². The van der Waals surface area contributed by atoms with Crippen LogP contribution < -0.4 is 10.0 Å². The number of rotatable bonds is 4. The van der Waals surface area contributed by atoms with Crippen LogP contribution in [0.25, 0.3) is 0 Å². The Morgan fingerprint density at radius 2 is 2.15 bits per heavy atom. The molecule has 0 aromatic heterocycles. The molecule has 2 rings (SSSR count). The Labute approximate surface area is 137 Å². The highest BCUT2D eigenvalue weighted by Gasteiger charge is 2.29. The standard InChI is InChI=1S/C13H18Br2N2O2S/c1-13(5-2-6-16-8-13)9-17-20(18,19)12-4-3-10(14)7-11(12)15/h3-4,7,16-17H,2,5-6,8-9H2,1H3. The van der Waals surface area contributed by atoms with Crippen molar-refractivity contribution >= 4 is 41.9 Å². The molecule has 1 saturated heterocycles. The van der Waals surface area contributed by atoms with E-state index in [0.29, 0.717) is 11.0 Å². The van der Waals surface area contributed by atoms with Crippen molar-refractivity contribution in [2.45, 2.75) is 24.7 Å². The molecule has 1 aromatic rings. The summed E-state index contributed by atoms with van der Waals surface area (Å²) in [5.41, 5.74) is -0.0207. The summed E-state index contributed by atoms with van der Waals surface area (Å²) >= 11 is 6.62. The molecule has 1 atom stereocenters. The van der Waals surface area contributed by atoms with Gasteiger partial charge in [-0.3, -0.25) is 0 Å². The zero-order chi connectivity index (χ0) is 14.8. The maximum absolute atomic E-state index is 12.4. The predicted octanol–water partition coefficient (Wildman–Crippen LogP) is 2.88. The molecule has 0 bridgehead atoms. The lowest BCUT2D eigenvalue weighted by Crippen LogP contribution is -2.45. The minimum absolute atomic E-state index is 0.0207. The molecular weight excluding hydrogens is 408 g/mol. The quantitative estimate of drug-likeness (QED) is 0.779. The molecule has 0 aliphatic carbocycles. The molecule has 0 saturated carbocycles. The first-order valence-electron chi connectivity index (χ1n) is 6.48. The Kier molecular flexibility index (Phi) is 5.29. The Balaban J connectivity index is 2.11. The molecule has 112 valence electrons. The summed E-state index contributed by atoms with van der Waals surface area (Å²) < 4.78 is 28.9. The van der Waals surface area contributed by atoms with Crippen LogP contribution in [0.4, 0.5) is 0 Å². The lowest BCUT2D eigenvalue weighted by molar-refractivity contribution is 0.238. The smallest absolute Gasteiger partial charge is 0.241 e. The monoisotopic (exact) mass is 424 g/mol. The molecule has 1 aromatic carbocycles. The highest BCUT2D eigenvalue weighted by Crippen LogP contribution is 2.28. The molecule has 20 heavy (non-hydrogen) atoms. The number of hydrogen-bond acceptors (Lipinski definition) is 3. The van der Waals surface area contributed by atoms with Crippen molar-refractivity contribution in [1.82, 2.24) is 10.0 Å². The van der Waals surface area contributed by atoms with Gasteiger partial charge >= 0.3 is 0 Å². The molecule has 1 aliphatic heterocycles. The molecule has 0 amide bonds. The molecule has 0 radical (unpaired) electrons. The number of hydrogen-bond donors (Lipinski definition) is 2. The van der Waals surface area contributed by atoms with Crippen LogP contribution >= 0.6 is 31.9 Å². The van der Waals surface area contributed by atoms with E-state index < -0.39 is 10.0 Å². The van der Waals surface area contributed by atoms with Gasteiger partial charge in [-0.2, -0.15) is 0 Å². The normalized spacial score (nSPS) is 23.8. The van der Waals surface area contributed by atoms with Crippen LogP contribution in [-0.2, 0) is 10.0 Å². The fourth-order valence-electron chi connectivity index (χ4n) is 2.31. The van der Waals surface area contributed by atoms with Crippen molar-refractivity contribution < 1.29 is 8.42 Å².